The van der Waals surface area contributed by atoms with Gasteiger partial charge >= 0.3 is 0 Å². The predicted molar refractivity (Wildman–Crippen MR) is 94.0 cm³/mol. The second-order valence-corrected chi connectivity index (χ2v) is 6.79. The molecule has 24 heavy (non-hydrogen) atoms. The summed E-state index contributed by atoms with van der Waals surface area (Å²) in [7, 11) is 0. The van der Waals surface area contributed by atoms with Gasteiger partial charge in [0.25, 0.3) is 11.8 Å². The molecule has 1 N–H and O–H groups in total. The van der Waals surface area contributed by atoms with Crippen LogP contribution in [0.1, 0.15) is 11.8 Å². The van der Waals surface area contributed by atoms with Gasteiger partial charge in [-0.05, 0) is 31.2 Å². The maximum atomic E-state index is 12.1. The van der Waals surface area contributed by atoms with E-state index in [1.807, 2.05) is 12.1 Å². The first-order valence-corrected chi connectivity index (χ1v) is 8.35. The number of nitrogens with one attached hydrogen (secondary N) is 1. The van der Waals surface area contributed by atoms with Crippen LogP contribution in [-0.4, -0.2) is 30.7 Å². The zero-order chi connectivity index (χ0) is 17.1. The summed E-state index contributed by atoms with van der Waals surface area (Å²) in [6.45, 7) is 1.57. The molecule has 0 bridgehead atoms. The molecule has 1 aromatic carbocycles. The molecule has 0 radical (unpaired) electrons. The molecule has 0 fully saturated rings. The summed E-state index contributed by atoms with van der Waals surface area (Å²) >= 11 is 7.26. The largest absolute Gasteiger partial charge is 0.482 e. The number of anilines is 1. The Morgan fingerprint density at radius 1 is 1.38 bits per heavy atom. The molecule has 0 spiro atoms. The van der Waals surface area contributed by atoms with Gasteiger partial charge in [-0.25, -0.2) is 5.43 Å². The second-order valence-electron chi connectivity index (χ2n) is 5.07. The number of benzene rings is 1. The number of thiophene rings is 1. The molecule has 124 valence electrons. The number of carbonyl (C=O) groups excluding carboxylic acids is 2. The van der Waals surface area contributed by atoms with Crippen LogP contribution in [0.25, 0.3) is 0 Å². The van der Waals surface area contributed by atoms with E-state index in [4.69, 9.17) is 16.3 Å². The Kier molecular flexibility index (Phi) is 4.82. The van der Waals surface area contributed by atoms with Crippen molar-refractivity contribution in [2.45, 2.75) is 6.92 Å². The zero-order valence-electron chi connectivity index (χ0n) is 12.8. The third-order valence-corrected chi connectivity index (χ3v) is 4.73. The number of halogens is 1. The minimum atomic E-state index is -0.387. The number of rotatable bonds is 4. The van der Waals surface area contributed by atoms with Crippen molar-refractivity contribution in [2.75, 3.05) is 18.1 Å². The van der Waals surface area contributed by atoms with Gasteiger partial charge in [0.2, 0.25) is 0 Å². The molecule has 2 amide bonds. The average molecular weight is 364 g/mol. The van der Waals surface area contributed by atoms with Crippen molar-refractivity contribution in [3.8, 4) is 5.75 Å². The van der Waals surface area contributed by atoms with E-state index in [0.29, 0.717) is 21.5 Å². The fourth-order valence-corrected chi connectivity index (χ4v) is 3.20. The van der Waals surface area contributed by atoms with Crippen molar-refractivity contribution in [3.63, 3.8) is 0 Å². The number of carbonyl (C=O) groups is 2. The third kappa shape index (κ3) is 3.58. The highest BCUT2D eigenvalue weighted by Crippen LogP contribution is 2.31. The van der Waals surface area contributed by atoms with Crippen LogP contribution in [0.15, 0.2) is 41.5 Å². The Balaban J connectivity index is 1.68. The fourth-order valence-electron chi connectivity index (χ4n) is 2.22. The Morgan fingerprint density at radius 2 is 2.17 bits per heavy atom. The smallest absolute Gasteiger partial charge is 0.265 e. The van der Waals surface area contributed by atoms with Gasteiger partial charge in [0.05, 0.1) is 20.6 Å². The molecule has 0 aliphatic carbocycles. The highest BCUT2D eigenvalue weighted by molar-refractivity contribution is 7.18. The normalized spacial score (nSPS) is 14.2. The third-order valence-electron chi connectivity index (χ3n) is 3.39. The molecule has 6 nitrogen and oxygen atoms in total. The Hall–Kier alpha value is -2.38. The lowest BCUT2D eigenvalue weighted by Crippen LogP contribution is -2.44. The van der Waals surface area contributed by atoms with Crippen molar-refractivity contribution < 1.29 is 14.3 Å². The molecule has 0 saturated heterocycles. The maximum Gasteiger partial charge on any atom is 0.265 e. The van der Waals surface area contributed by atoms with Crippen molar-refractivity contribution in [2.24, 2.45) is 5.10 Å². The van der Waals surface area contributed by atoms with Crippen LogP contribution in [0.5, 0.6) is 5.75 Å². The summed E-state index contributed by atoms with van der Waals surface area (Å²) in [4.78, 5) is 26.4. The van der Waals surface area contributed by atoms with Gasteiger partial charge in [-0.2, -0.15) is 5.10 Å². The summed E-state index contributed by atoms with van der Waals surface area (Å²) in [6, 6.07) is 10.7. The Morgan fingerprint density at radius 3 is 2.92 bits per heavy atom. The van der Waals surface area contributed by atoms with Gasteiger partial charge in [-0.1, -0.05) is 23.7 Å². The molecule has 0 unspecified atom stereocenters. The van der Waals surface area contributed by atoms with Gasteiger partial charge in [0.1, 0.15) is 12.3 Å². The predicted octanol–water partition coefficient (Wildman–Crippen LogP) is 2.67. The number of hydrazone groups is 1. The first-order chi connectivity index (χ1) is 11.5. The fraction of sp³-hybridized carbons (Fsp3) is 0.188. The maximum absolute atomic E-state index is 12.1. The Bertz CT molecular complexity index is 818. The summed E-state index contributed by atoms with van der Waals surface area (Å²) in [5.41, 5.74) is 3.69. The van der Waals surface area contributed by atoms with Gasteiger partial charge in [-0.3, -0.25) is 14.5 Å². The van der Waals surface area contributed by atoms with Gasteiger partial charge in [0.15, 0.2) is 6.61 Å². The van der Waals surface area contributed by atoms with Crippen LogP contribution < -0.4 is 15.1 Å². The van der Waals surface area contributed by atoms with Crippen molar-refractivity contribution in [3.05, 3.63) is 45.6 Å². The molecular formula is C16H14ClN3O3S. The first kappa shape index (κ1) is 16.5. The lowest BCUT2D eigenvalue weighted by molar-refractivity contribution is -0.125. The molecular weight excluding hydrogens is 350 g/mol. The topological polar surface area (TPSA) is 71.0 Å². The van der Waals surface area contributed by atoms with E-state index in [2.05, 4.69) is 10.5 Å². The van der Waals surface area contributed by atoms with E-state index in [9.17, 15) is 9.59 Å². The minimum Gasteiger partial charge on any atom is -0.482 e. The van der Waals surface area contributed by atoms with Crippen LogP contribution in [0.2, 0.25) is 4.34 Å². The van der Waals surface area contributed by atoms with E-state index in [1.54, 1.807) is 31.2 Å². The van der Waals surface area contributed by atoms with E-state index >= 15 is 0 Å². The summed E-state index contributed by atoms with van der Waals surface area (Å²) in [6.07, 6.45) is 0. The molecule has 0 atom stereocenters. The lowest BCUT2D eigenvalue weighted by Gasteiger charge is -2.28. The van der Waals surface area contributed by atoms with Crippen LogP contribution in [-0.2, 0) is 9.59 Å². The van der Waals surface area contributed by atoms with Gasteiger partial charge in [0, 0.05) is 0 Å². The number of fused-ring (bicyclic) bond motifs is 1. The quantitative estimate of drug-likeness (QED) is 0.670. The van der Waals surface area contributed by atoms with E-state index in [-0.39, 0.29) is 25.0 Å². The van der Waals surface area contributed by atoms with Crippen molar-refractivity contribution in [1.29, 1.82) is 0 Å². The molecule has 3 rings (SSSR count). The molecule has 0 saturated carbocycles. The molecule has 2 aromatic rings. The van der Waals surface area contributed by atoms with Crippen molar-refractivity contribution in [1.82, 2.24) is 5.43 Å². The summed E-state index contributed by atoms with van der Waals surface area (Å²) in [5.74, 6) is -0.0746. The van der Waals surface area contributed by atoms with E-state index in [0.717, 1.165) is 4.88 Å². The number of amides is 2. The average Bonchev–Trinajstić information content (AvgIpc) is 3.02. The van der Waals surface area contributed by atoms with Crippen LogP contribution in [0.4, 0.5) is 5.69 Å². The summed E-state index contributed by atoms with van der Waals surface area (Å²) in [5, 5.41) is 4.05. The first-order valence-electron chi connectivity index (χ1n) is 7.15. The number of hydrogen-bond donors (Lipinski definition) is 1. The Labute approximate surface area is 147 Å². The van der Waals surface area contributed by atoms with Crippen LogP contribution >= 0.6 is 22.9 Å². The van der Waals surface area contributed by atoms with E-state index < -0.39 is 0 Å². The summed E-state index contributed by atoms with van der Waals surface area (Å²) < 4.78 is 6.00. The molecule has 8 heteroatoms. The lowest BCUT2D eigenvalue weighted by atomic mass is 10.2. The monoisotopic (exact) mass is 363 g/mol. The highest BCUT2D eigenvalue weighted by atomic mass is 35.5. The molecule has 1 aliphatic heterocycles. The van der Waals surface area contributed by atoms with E-state index in [1.165, 1.54) is 16.2 Å². The zero-order valence-corrected chi connectivity index (χ0v) is 14.4. The molecule has 2 heterocycles. The SMILES string of the molecule is C/C(=N/NC(=O)CN1C(=O)COc2ccccc21)c1ccc(Cl)s1. The number of nitrogens with zero attached hydrogens (tertiary/aromatic N) is 2. The van der Waals surface area contributed by atoms with Crippen LogP contribution in [0, 0.1) is 0 Å². The van der Waals surface area contributed by atoms with Gasteiger partial charge in [-0.15, -0.1) is 11.3 Å². The second kappa shape index (κ2) is 7.02. The molecule has 1 aliphatic rings. The van der Waals surface area contributed by atoms with Crippen molar-refractivity contribution >= 4 is 46.2 Å². The van der Waals surface area contributed by atoms with Crippen LogP contribution in [0.3, 0.4) is 0 Å². The number of para-hydroxylation sites is 2. The highest BCUT2D eigenvalue weighted by Gasteiger charge is 2.26. The standard InChI is InChI=1S/C16H14ClN3O3S/c1-10(13-6-7-14(17)24-13)18-19-15(21)8-20-11-4-2-3-5-12(11)23-9-16(20)22/h2-7H,8-9H2,1H3,(H,19,21)/b18-10-. The minimum absolute atomic E-state index is 0.0831. The number of hydrogen-bond acceptors (Lipinski definition) is 5. The van der Waals surface area contributed by atoms with Gasteiger partial charge < -0.3 is 4.74 Å². The number of ether oxygens (including phenoxy) is 1. The molecule has 1 aromatic heterocycles.